The van der Waals surface area contributed by atoms with Crippen LogP contribution in [0.4, 0.5) is 11.4 Å². The summed E-state index contributed by atoms with van der Waals surface area (Å²) >= 11 is 1.80. The molecule has 1 aliphatic rings. The van der Waals surface area contributed by atoms with Crippen LogP contribution in [0.15, 0.2) is 78.3 Å². The Morgan fingerprint density at radius 2 is 1.81 bits per heavy atom. The van der Waals surface area contributed by atoms with E-state index in [0.29, 0.717) is 5.92 Å². The molecule has 0 bridgehead atoms. The Bertz CT molecular complexity index is 1470. The van der Waals surface area contributed by atoms with E-state index in [9.17, 15) is 0 Å². The third-order valence-electron chi connectivity index (χ3n) is 6.83. The SMILES string of the molecule is CN(C)c1ccc(N2CCCC(c3nc(-c4csc5ccccc45)c4ccccn34)C2)cc1.NC=O. The zero-order valence-corrected chi connectivity index (χ0v) is 21.5. The highest BCUT2D eigenvalue weighted by Crippen LogP contribution is 2.38. The number of hydrogen-bond acceptors (Lipinski definition) is 5. The average molecular weight is 498 g/mol. The summed E-state index contributed by atoms with van der Waals surface area (Å²) in [5.74, 6) is 1.59. The number of rotatable bonds is 4. The van der Waals surface area contributed by atoms with Crippen molar-refractivity contribution in [3.8, 4) is 11.3 Å². The lowest BCUT2D eigenvalue weighted by Gasteiger charge is -2.34. The Hall–Kier alpha value is -3.84. The first-order valence-electron chi connectivity index (χ1n) is 12.2. The molecule has 36 heavy (non-hydrogen) atoms. The number of aromatic nitrogens is 2. The minimum absolute atomic E-state index is 0.250. The van der Waals surface area contributed by atoms with Gasteiger partial charge in [0, 0.05) is 71.7 Å². The number of hydrogen-bond donors (Lipinski definition) is 1. The molecular formula is C29H31N5OS. The van der Waals surface area contributed by atoms with Crippen LogP contribution in [0, 0.1) is 0 Å². The average Bonchev–Trinajstić information content (AvgIpc) is 3.51. The zero-order valence-electron chi connectivity index (χ0n) is 20.7. The summed E-state index contributed by atoms with van der Waals surface area (Å²) in [5, 5.41) is 3.56. The van der Waals surface area contributed by atoms with Gasteiger partial charge in [0.05, 0.1) is 11.2 Å². The highest BCUT2D eigenvalue weighted by atomic mass is 32.1. The predicted octanol–water partition coefficient (Wildman–Crippen LogP) is 5.77. The summed E-state index contributed by atoms with van der Waals surface area (Å²) in [6, 6.07) is 24.0. The number of thiophene rings is 1. The fourth-order valence-electron chi connectivity index (χ4n) is 5.09. The molecule has 1 aliphatic heterocycles. The molecule has 1 amide bonds. The first kappa shape index (κ1) is 23.9. The molecule has 184 valence electrons. The Morgan fingerprint density at radius 1 is 1.06 bits per heavy atom. The fourth-order valence-corrected chi connectivity index (χ4v) is 6.04. The number of piperidine rings is 1. The lowest BCUT2D eigenvalue weighted by Crippen LogP contribution is -2.35. The first-order valence-corrected chi connectivity index (χ1v) is 13.1. The quantitative estimate of drug-likeness (QED) is 0.320. The fraction of sp³-hybridized carbons (Fsp3) is 0.241. The molecule has 3 aromatic heterocycles. The number of anilines is 2. The van der Waals surface area contributed by atoms with Crippen LogP contribution in [0.2, 0.25) is 0 Å². The first-order chi connectivity index (χ1) is 17.6. The van der Waals surface area contributed by atoms with Gasteiger partial charge in [0.15, 0.2) is 0 Å². The molecule has 1 fully saturated rings. The second-order valence-corrected chi connectivity index (χ2v) is 10.2. The van der Waals surface area contributed by atoms with E-state index in [0.717, 1.165) is 18.8 Å². The molecule has 0 radical (unpaired) electrons. The van der Waals surface area contributed by atoms with Crippen molar-refractivity contribution in [3.63, 3.8) is 0 Å². The van der Waals surface area contributed by atoms with E-state index < -0.39 is 0 Å². The monoisotopic (exact) mass is 497 g/mol. The Morgan fingerprint density at radius 3 is 2.58 bits per heavy atom. The summed E-state index contributed by atoms with van der Waals surface area (Å²) < 4.78 is 3.64. The van der Waals surface area contributed by atoms with Gasteiger partial charge in [-0.05, 0) is 55.3 Å². The lowest BCUT2D eigenvalue weighted by molar-refractivity contribution is -0.106. The molecule has 2 N–H and O–H groups in total. The van der Waals surface area contributed by atoms with Gasteiger partial charge in [0.25, 0.3) is 0 Å². The number of benzene rings is 2. The van der Waals surface area contributed by atoms with E-state index in [4.69, 9.17) is 9.78 Å². The van der Waals surface area contributed by atoms with Gasteiger partial charge in [0.1, 0.15) is 5.82 Å². The van der Waals surface area contributed by atoms with Gasteiger partial charge in [-0.25, -0.2) is 4.98 Å². The molecule has 0 aliphatic carbocycles. The number of imidazole rings is 1. The van der Waals surface area contributed by atoms with Gasteiger partial charge in [-0.2, -0.15) is 0 Å². The van der Waals surface area contributed by atoms with Crippen LogP contribution in [-0.4, -0.2) is 43.0 Å². The number of fused-ring (bicyclic) bond motifs is 2. The lowest BCUT2D eigenvalue weighted by atomic mass is 9.96. The molecule has 1 atom stereocenters. The Balaban J connectivity index is 0.000000848. The molecule has 1 unspecified atom stereocenters. The maximum absolute atomic E-state index is 8.58. The van der Waals surface area contributed by atoms with Crippen molar-refractivity contribution in [2.45, 2.75) is 18.8 Å². The van der Waals surface area contributed by atoms with Crippen LogP contribution in [0.3, 0.4) is 0 Å². The van der Waals surface area contributed by atoms with Gasteiger partial charge >= 0.3 is 0 Å². The normalized spacial score (nSPS) is 15.5. The highest BCUT2D eigenvalue weighted by Gasteiger charge is 2.27. The van der Waals surface area contributed by atoms with E-state index in [1.807, 2.05) is 0 Å². The minimum atomic E-state index is 0.250. The number of nitrogens with two attached hydrogens (primary N) is 1. The topological polar surface area (TPSA) is 66.9 Å². The van der Waals surface area contributed by atoms with Crippen LogP contribution in [0.5, 0.6) is 0 Å². The van der Waals surface area contributed by atoms with Gasteiger partial charge < -0.3 is 19.9 Å². The molecule has 0 spiro atoms. The molecule has 2 aromatic carbocycles. The predicted molar refractivity (Wildman–Crippen MR) is 151 cm³/mol. The Labute approximate surface area is 215 Å². The zero-order chi connectivity index (χ0) is 25.1. The maximum Gasteiger partial charge on any atom is 0.204 e. The second-order valence-electron chi connectivity index (χ2n) is 9.25. The van der Waals surface area contributed by atoms with Gasteiger partial charge in [-0.3, -0.25) is 4.79 Å². The molecule has 5 aromatic rings. The third kappa shape index (κ3) is 4.54. The number of carbonyl (C=O) groups is 1. The molecule has 6 nitrogen and oxygen atoms in total. The summed E-state index contributed by atoms with van der Waals surface area (Å²) in [6.45, 7) is 2.10. The summed E-state index contributed by atoms with van der Waals surface area (Å²) in [6.07, 6.45) is 4.78. The highest BCUT2D eigenvalue weighted by molar-refractivity contribution is 7.17. The maximum atomic E-state index is 8.58. The standard InChI is InChI=1S/C28H28N4S.CH3NO/c1-30(2)21-12-14-22(15-13-21)31-16-7-8-20(18-31)28-29-27(25-10-5-6-17-32(25)28)24-19-33-26-11-4-3-9-23(24)26;2-1-3/h3-6,9-15,17,19-20H,7-8,16,18H2,1-2H3;1H,(H2,2,3). The number of amides is 1. The van der Waals surface area contributed by atoms with E-state index in [1.165, 1.54) is 51.2 Å². The van der Waals surface area contributed by atoms with E-state index in [-0.39, 0.29) is 6.41 Å². The van der Waals surface area contributed by atoms with Crippen LogP contribution in [0.1, 0.15) is 24.6 Å². The van der Waals surface area contributed by atoms with E-state index in [1.54, 1.807) is 11.3 Å². The molecule has 0 saturated carbocycles. The third-order valence-corrected chi connectivity index (χ3v) is 7.79. The molecule has 1 saturated heterocycles. The molecule has 7 heteroatoms. The van der Waals surface area contributed by atoms with Crippen LogP contribution in [0.25, 0.3) is 26.9 Å². The van der Waals surface area contributed by atoms with Crippen LogP contribution in [-0.2, 0) is 4.79 Å². The van der Waals surface area contributed by atoms with Crippen molar-refractivity contribution in [2.24, 2.45) is 5.73 Å². The van der Waals surface area contributed by atoms with Crippen molar-refractivity contribution in [2.75, 3.05) is 37.0 Å². The summed E-state index contributed by atoms with van der Waals surface area (Å²) in [7, 11) is 4.17. The van der Waals surface area contributed by atoms with Crippen molar-refractivity contribution in [3.05, 3.63) is 84.1 Å². The number of primary amides is 1. The van der Waals surface area contributed by atoms with Gasteiger partial charge in [-0.15, -0.1) is 11.3 Å². The second kappa shape index (κ2) is 10.4. The minimum Gasteiger partial charge on any atom is -0.378 e. The summed E-state index contributed by atoms with van der Waals surface area (Å²) in [5.41, 5.74) is 10.3. The van der Waals surface area contributed by atoms with Gasteiger partial charge in [0.2, 0.25) is 6.41 Å². The summed E-state index contributed by atoms with van der Waals surface area (Å²) in [4.78, 5) is 18.6. The van der Waals surface area contributed by atoms with Crippen molar-refractivity contribution >= 4 is 44.7 Å². The van der Waals surface area contributed by atoms with E-state index >= 15 is 0 Å². The Kier molecular flexibility index (Phi) is 6.91. The molecular weight excluding hydrogens is 466 g/mol. The molecule has 6 rings (SSSR count). The van der Waals surface area contributed by atoms with Crippen LogP contribution >= 0.6 is 11.3 Å². The van der Waals surface area contributed by atoms with Crippen molar-refractivity contribution in [1.29, 1.82) is 0 Å². The van der Waals surface area contributed by atoms with Gasteiger partial charge in [-0.1, -0.05) is 24.3 Å². The van der Waals surface area contributed by atoms with Crippen LogP contribution < -0.4 is 15.5 Å². The largest absolute Gasteiger partial charge is 0.378 e. The smallest absolute Gasteiger partial charge is 0.204 e. The van der Waals surface area contributed by atoms with Crippen molar-refractivity contribution < 1.29 is 4.79 Å². The number of nitrogens with zero attached hydrogens (tertiary/aromatic N) is 4. The number of pyridine rings is 1. The van der Waals surface area contributed by atoms with E-state index in [2.05, 4.69) is 112 Å². The van der Waals surface area contributed by atoms with Crippen molar-refractivity contribution in [1.82, 2.24) is 9.38 Å². The number of carbonyl (C=O) groups excluding carboxylic acids is 1. The molecule has 4 heterocycles.